The third-order valence-corrected chi connectivity index (χ3v) is 3.32. The molecule has 0 spiro atoms. The van der Waals surface area contributed by atoms with Crippen molar-refractivity contribution in [2.24, 2.45) is 0 Å². The molecule has 0 aromatic carbocycles. The monoisotopic (exact) mass is 220 g/mol. The van der Waals surface area contributed by atoms with Gasteiger partial charge in [-0.25, -0.2) is 0 Å². The van der Waals surface area contributed by atoms with E-state index in [0.717, 1.165) is 18.5 Å². The molecule has 3 nitrogen and oxygen atoms in total. The van der Waals surface area contributed by atoms with Crippen molar-refractivity contribution in [2.75, 3.05) is 0 Å². The molecule has 1 heterocycles. The summed E-state index contributed by atoms with van der Waals surface area (Å²) in [4.78, 5) is 10.8. The van der Waals surface area contributed by atoms with Gasteiger partial charge in [0, 0.05) is 12.6 Å². The molecule has 1 aliphatic rings. The third kappa shape index (κ3) is 2.94. The molecule has 16 heavy (non-hydrogen) atoms. The van der Waals surface area contributed by atoms with Crippen molar-refractivity contribution in [3.05, 3.63) is 18.0 Å². The molecule has 0 atom stereocenters. The van der Waals surface area contributed by atoms with Crippen LogP contribution in [0, 0.1) is 0 Å². The molecular formula is C13H20N2O. The van der Waals surface area contributed by atoms with Gasteiger partial charge in [-0.3, -0.25) is 4.68 Å². The van der Waals surface area contributed by atoms with Gasteiger partial charge in [-0.2, -0.15) is 5.10 Å². The van der Waals surface area contributed by atoms with Gasteiger partial charge in [0.05, 0.1) is 11.7 Å². The van der Waals surface area contributed by atoms with E-state index in [-0.39, 0.29) is 5.78 Å². The topological polar surface area (TPSA) is 34.9 Å². The lowest BCUT2D eigenvalue weighted by atomic mass is 10.1. The Morgan fingerprint density at radius 3 is 2.94 bits per heavy atom. The molecule has 88 valence electrons. The van der Waals surface area contributed by atoms with E-state index in [9.17, 15) is 4.79 Å². The van der Waals surface area contributed by atoms with E-state index in [1.54, 1.807) is 6.92 Å². The fourth-order valence-electron chi connectivity index (χ4n) is 2.40. The average Bonchev–Trinajstić information content (AvgIpc) is 2.85. The summed E-state index contributed by atoms with van der Waals surface area (Å²) in [5.74, 6) is 0.273. The summed E-state index contributed by atoms with van der Waals surface area (Å²) in [5, 5.41) is 4.59. The summed E-state index contributed by atoms with van der Waals surface area (Å²) in [6.07, 6.45) is 9.85. The molecule has 0 bridgehead atoms. The number of nitrogens with zero attached hydrogens (tertiary/aromatic N) is 2. The molecule has 1 fully saturated rings. The van der Waals surface area contributed by atoms with E-state index in [2.05, 4.69) is 22.0 Å². The maximum Gasteiger partial charge on any atom is 0.129 e. The maximum absolute atomic E-state index is 10.8. The molecule has 0 N–H and O–H groups in total. The SMILES string of the molecule is CC(=O)CCCc1ccn(C2CCCC2)n1. The number of hydrogen-bond acceptors (Lipinski definition) is 2. The second-order valence-corrected chi connectivity index (χ2v) is 4.78. The first kappa shape index (κ1) is 11.4. The average molecular weight is 220 g/mol. The molecule has 3 heteroatoms. The highest BCUT2D eigenvalue weighted by Crippen LogP contribution is 2.28. The van der Waals surface area contributed by atoms with Crippen LogP contribution in [0.15, 0.2) is 12.3 Å². The second kappa shape index (κ2) is 5.28. The minimum Gasteiger partial charge on any atom is -0.300 e. The molecule has 1 aliphatic carbocycles. The Labute approximate surface area is 96.8 Å². The van der Waals surface area contributed by atoms with Crippen LogP contribution in [0.2, 0.25) is 0 Å². The van der Waals surface area contributed by atoms with Crippen LogP contribution in [0.25, 0.3) is 0 Å². The fourth-order valence-corrected chi connectivity index (χ4v) is 2.40. The Balaban J connectivity index is 1.84. The number of aromatic nitrogens is 2. The van der Waals surface area contributed by atoms with Crippen LogP contribution in [0.5, 0.6) is 0 Å². The molecule has 0 radical (unpaired) electrons. The number of carbonyl (C=O) groups is 1. The van der Waals surface area contributed by atoms with Crippen molar-refractivity contribution < 1.29 is 4.79 Å². The molecule has 0 aliphatic heterocycles. The van der Waals surface area contributed by atoms with Gasteiger partial charge >= 0.3 is 0 Å². The van der Waals surface area contributed by atoms with Gasteiger partial charge in [-0.1, -0.05) is 12.8 Å². The first-order valence-electron chi connectivity index (χ1n) is 6.29. The van der Waals surface area contributed by atoms with Gasteiger partial charge in [0.1, 0.15) is 5.78 Å². The Morgan fingerprint density at radius 2 is 2.25 bits per heavy atom. The molecular weight excluding hydrogens is 200 g/mol. The van der Waals surface area contributed by atoms with Gasteiger partial charge in [0.15, 0.2) is 0 Å². The highest BCUT2D eigenvalue weighted by Gasteiger charge is 2.17. The zero-order valence-electron chi connectivity index (χ0n) is 9.98. The van der Waals surface area contributed by atoms with Gasteiger partial charge in [0.2, 0.25) is 0 Å². The van der Waals surface area contributed by atoms with Crippen LogP contribution in [-0.4, -0.2) is 15.6 Å². The molecule has 1 aromatic heterocycles. The van der Waals surface area contributed by atoms with Crippen molar-refractivity contribution in [1.29, 1.82) is 0 Å². The summed E-state index contributed by atoms with van der Waals surface area (Å²) in [7, 11) is 0. The summed E-state index contributed by atoms with van der Waals surface area (Å²) in [6, 6.07) is 2.72. The number of hydrogen-bond donors (Lipinski definition) is 0. The van der Waals surface area contributed by atoms with Crippen LogP contribution in [0.1, 0.15) is 57.2 Å². The fraction of sp³-hybridized carbons (Fsp3) is 0.692. The zero-order chi connectivity index (χ0) is 11.4. The van der Waals surface area contributed by atoms with E-state index in [4.69, 9.17) is 0 Å². The Kier molecular flexibility index (Phi) is 3.75. The van der Waals surface area contributed by atoms with Gasteiger partial charge in [-0.15, -0.1) is 0 Å². The van der Waals surface area contributed by atoms with Crippen molar-refractivity contribution in [3.63, 3.8) is 0 Å². The minimum absolute atomic E-state index is 0.273. The molecule has 1 aromatic rings. The third-order valence-electron chi connectivity index (χ3n) is 3.32. The molecule has 0 amide bonds. The highest BCUT2D eigenvalue weighted by molar-refractivity contribution is 5.75. The quantitative estimate of drug-likeness (QED) is 0.764. The second-order valence-electron chi connectivity index (χ2n) is 4.78. The standard InChI is InChI=1S/C13H20N2O/c1-11(16)5-4-6-12-9-10-15(14-12)13-7-2-3-8-13/h9-10,13H,2-8H2,1H3. The van der Waals surface area contributed by atoms with Crippen molar-refractivity contribution in [2.45, 2.75) is 57.9 Å². The Morgan fingerprint density at radius 1 is 1.50 bits per heavy atom. The predicted molar refractivity (Wildman–Crippen MR) is 63.4 cm³/mol. The lowest BCUT2D eigenvalue weighted by molar-refractivity contribution is -0.117. The van der Waals surface area contributed by atoms with Gasteiger partial charge in [0.25, 0.3) is 0 Å². The summed E-state index contributed by atoms with van der Waals surface area (Å²) >= 11 is 0. The normalized spacial score (nSPS) is 16.8. The number of carbonyl (C=O) groups excluding carboxylic acids is 1. The predicted octanol–water partition coefficient (Wildman–Crippen LogP) is 2.91. The molecule has 0 unspecified atom stereocenters. The summed E-state index contributed by atoms with van der Waals surface area (Å²) in [5.41, 5.74) is 1.13. The van der Waals surface area contributed by atoms with E-state index < -0.39 is 0 Å². The maximum atomic E-state index is 10.8. The number of aryl methyl sites for hydroxylation is 1. The number of ketones is 1. The number of Topliss-reactive ketones (excluding diaryl/α,β-unsaturated/α-hetero) is 1. The lowest BCUT2D eigenvalue weighted by Crippen LogP contribution is -2.05. The van der Waals surface area contributed by atoms with E-state index in [1.807, 2.05) is 0 Å². The van der Waals surface area contributed by atoms with Gasteiger partial charge < -0.3 is 4.79 Å². The Bertz CT molecular complexity index is 351. The van der Waals surface area contributed by atoms with Crippen molar-refractivity contribution in [1.82, 2.24) is 9.78 Å². The Hall–Kier alpha value is -1.12. The van der Waals surface area contributed by atoms with Crippen LogP contribution >= 0.6 is 0 Å². The van der Waals surface area contributed by atoms with Crippen LogP contribution in [0.4, 0.5) is 0 Å². The highest BCUT2D eigenvalue weighted by atomic mass is 16.1. The molecule has 1 saturated carbocycles. The summed E-state index contributed by atoms with van der Waals surface area (Å²) < 4.78 is 2.12. The molecule has 2 rings (SSSR count). The first-order chi connectivity index (χ1) is 7.75. The smallest absolute Gasteiger partial charge is 0.129 e. The van der Waals surface area contributed by atoms with Crippen molar-refractivity contribution in [3.8, 4) is 0 Å². The van der Waals surface area contributed by atoms with Crippen LogP contribution in [0.3, 0.4) is 0 Å². The minimum atomic E-state index is 0.273. The van der Waals surface area contributed by atoms with Crippen molar-refractivity contribution >= 4 is 5.78 Å². The molecule has 0 saturated heterocycles. The van der Waals surface area contributed by atoms with Crippen LogP contribution in [-0.2, 0) is 11.2 Å². The summed E-state index contributed by atoms with van der Waals surface area (Å²) in [6.45, 7) is 1.65. The lowest BCUT2D eigenvalue weighted by Gasteiger charge is -2.08. The number of rotatable bonds is 5. The van der Waals surface area contributed by atoms with E-state index in [0.29, 0.717) is 12.5 Å². The first-order valence-corrected chi connectivity index (χ1v) is 6.29. The zero-order valence-corrected chi connectivity index (χ0v) is 9.98. The van der Waals surface area contributed by atoms with Crippen LogP contribution < -0.4 is 0 Å². The largest absolute Gasteiger partial charge is 0.300 e. The van der Waals surface area contributed by atoms with E-state index in [1.165, 1.54) is 25.7 Å². The van der Waals surface area contributed by atoms with Gasteiger partial charge in [-0.05, 0) is 38.7 Å². The van der Waals surface area contributed by atoms with E-state index >= 15 is 0 Å².